The first kappa shape index (κ1) is 12.4. The van der Waals surface area contributed by atoms with E-state index < -0.39 is 11.7 Å². The van der Waals surface area contributed by atoms with Gasteiger partial charge in [0.25, 0.3) is 0 Å². The van der Waals surface area contributed by atoms with Crippen LogP contribution in [-0.2, 0) is 16.3 Å². The average molecular weight is 245 g/mol. The van der Waals surface area contributed by atoms with Crippen molar-refractivity contribution < 1.29 is 17.9 Å². The number of alkyl halides is 3. The summed E-state index contributed by atoms with van der Waals surface area (Å²) in [4.78, 5) is 0. The standard InChI is InChI=1S/C12H14F3NO/c13-12(14,15)10-3-1-9(2-4-10)11(7-16)5-6-17-8-11/h1-4H,5-8,16H2. The zero-order chi connectivity index (χ0) is 12.5. The highest BCUT2D eigenvalue weighted by Crippen LogP contribution is 2.35. The van der Waals surface area contributed by atoms with Gasteiger partial charge in [-0.05, 0) is 24.1 Å². The van der Waals surface area contributed by atoms with Crippen LogP contribution >= 0.6 is 0 Å². The van der Waals surface area contributed by atoms with Gasteiger partial charge in [-0.15, -0.1) is 0 Å². The second-order valence-electron chi connectivity index (χ2n) is 4.36. The largest absolute Gasteiger partial charge is 0.416 e. The van der Waals surface area contributed by atoms with Crippen molar-refractivity contribution in [3.8, 4) is 0 Å². The van der Waals surface area contributed by atoms with Crippen LogP contribution in [0, 0.1) is 0 Å². The first-order valence-electron chi connectivity index (χ1n) is 5.43. The Hall–Kier alpha value is -1.07. The van der Waals surface area contributed by atoms with E-state index in [0.717, 1.165) is 24.1 Å². The van der Waals surface area contributed by atoms with Gasteiger partial charge in [-0.25, -0.2) is 0 Å². The van der Waals surface area contributed by atoms with Gasteiger partial charge in [0.05, 0.1) is 12.2 Å². The van der Waals surface area contributed by atoms with E-state index in [-0.39, 0.29) is 5.41 Å². The van der Waals surface area contributed by atoms with Gasteiger partial charge in [-0.1, -0.05) is 12.1 Å². The smallest absolute Gasteiger partial charge is 0.380 e. The quantitative estimate of drug-likeness (QED) is 0.867. The highest BCUT2D eigenvalue weighted by atomic mass is 19.4. The third-order valence-corrected chi connectivity index (χ3v) is 3.32. The third-order valence-electron chi connectivity index (χ3n) is 3.32. The summed E-state index contributed by atoms with van der Waals surface area (Å²) in [5.41, 5.74) is 5.60. The number of hydrogen-bond donors (Lipinski definition) is 1. The summed E-state index contributed by atoms with van der Waals surface area (Å²) in [7, 11) is 0. The minimum atomic E-state index is -4.29. The van der Waals surface area contributed by atoms with E-state index in [2.05, 4.69) is 0 Å². The van der Waals surface area contributed by atoms with E-state index in [1.807, 2.05) is 0 Å². The molecule has 1 fully saturated rings. The molecule has 0 saturated carbocycles. The summed E-state index contributed by atoms with van der Waals surface area (Å²) in [5, 5.41) is 0. The normalized spacial score (nSPS) is 25.2. The second-order valence-corrected chi connectivity index (χ2v) is 4.36. The van der Waals surface area contributed by atoms with Crippen LogP contribution < -0.4 is 5.73 Å². The van der Waals surface area contributed by atoms with Gasteiger partial charge in [0.15, 0.2) is 0 Å². The van der Waals surface area contributed by atoms with Crippen molar-refractivity contribution in [3.05, 3.63) is 35.4 Å². The SMILES string of the molecule is NCC1(c2ccc(C(F)(F)F)cc2)CCOC1. The Labute approximate surface area is 97.6 Å². The average Bonchev–Trinajstić information content (AvgIpc) is 2.78. The Bertz CT molecular complexity index is 380. The number of benzene rings is 1. The van der Waals surface area contributed by atoms with Crippen molar-refractivity contribution in [1.82, 2.24) is 0 Å². The number of halogens is 3. The van der Waals surface area contributed by atoms with Crippen molar-refractivity contribution in [2.24, 2.45) is 5.73 Å². The molecule has 0 amide bonds. The summed E-state index contributed by atoms with van der Waals surface area (Å²) in [5.74, 6) is 0. The van der Waals surface area contributed by atoms with Crippen LogP contribution in [0.25, 0.3) is 0 Å². The number of hydrogen-bond acceptors (Lipinski definition) is 2. The molecule has 0 spiro atoms. The van der Waals surface area contributed by atoms with Crippen molar-refractivity contribution in [3.63, 3.8) is 0 Å². The Balaban J connectivity index is 2.28. The van der Waals surface area contributed by atoms with Crippen LogP contribution in [0.1, 0.15) is 17.5 Å². The van der Waals surface area contributed by atoms with E-state index >= 15 is 0 Å². The van der Waals surface area contributed by atoms with E-state index in [4.69, 9.17) is 10.5 Å². The lowest BCUT2D eigenvalue weighted by Gasteiger charge is -2.26. The van der Waals surface area contributed by atoms with Crippen molar-refractivity contribution in [2.75, 3.05) is 19.8 Å². The predicted molar refractivity (Wildman–Crippen MR) is 57.6 cm³/mol. The molecule has 1 aromatic rings. The molecule has 0 radical (unpaired) electrons. The van der Waals surface area contributed by atoms with Crippen LogP contribution in [0.2, 0.25) is 0 Å². The molecular formula is C12H14F3NO. The molecule has 1 aromatic carbocycles. The fourth-order valence-corrected chi connectivity index (χ4v) is 2.13. The maximum Gasteiger partial charge on any atom is 0.416 e. The molecule has 2 rings (SSSR count). The molecule has 1 saturated heterocycles. The lowest BCUT2D eigenvalue weighted by molar-refractivity contribution is -0.137. The molecular weight excluding hydrogens is 231 g/mol. The van der Waals surface area contributed by atoms with E-state index in [0.29, 0.717) is 19.8 Å². The van der Waals surface area contributed by atoms with Crippen LogP contribution in [0.3, 0.4) is 0 Å². The van der Waals surface area contributed by atoms with Crippen LogP contribution in [0.4, 0.5) is 13.2 Å². The molecule has 0 bridgehead atoms. The minimum absolute atomic E-state index is 0.315. The van der Waals surface area contributed by atoms with Crippen LogP contribution in [-0.4, -0.2) is 19.8 Å². The number of ether oxygens (including phenoxy) is 1. The Morgan fingerprint density at radius 1 is 1.24 bits per heavy atom. The maximum atomic E-state index is 12.4. The molecule has 2 N–H and O–H groups in total. The van der Waals surface area contributed by atoms with Crippen LogP contribution in [0.5, 0.6) is 0 Å². The van der Waals surface area contributed by atoms with Crippen molar-refractivity contribution in [2.45, 2.75) is 18.0 Å². The summed E-state index contributed by atoms with van der Waals surface area (Å²) >= 11 is 0. The van der Waals surface area contributed by atoms with Crippen molar-refractivity contribution >= 4 is 0 Å². The van der Waals surface area contributed by atoms with Gasteiger partial charge in [-0.3, -0.25) is 0 Å². The molecule has 1 heterocycles. The molecule has 5 heteroatoms. The van der Waals surface area contributed by atoms with Gasteiger partial charge in [0, 0.05) is 18.6 Å². The minimum Gasteiger partial charge on any atom is -0.380 e. The van der Waals surface area contributed by atoms with Gasteiger partial charge < -0.3 is 10.5 Å². The summed E-state index contributed by atoms with van der Waals surface area (Å²) < 4.78 is 42.6. The first-order chi connectivity index (χ1) is 7.98. The second kappa shape index (κ2) is 4.31. The Morgan fingerprint density at radius 2 is 1.88 bits per heavy atom. The maximum absolute atomic E-state index is 12.4. The molecule has 2 nitrogen and oxygen atoms in total. The van der Waals surface area contributed by atoms with Gasteiger partial charge >= 0.3 is 6.18 Å². The first-order valence-corrected chi connectivity index (χ1v) is 5.43. The highest BCUT2D eigenvalue weighted by molar-refractivity contribution is 5.31. The van der Waals surface area contributed by atoms with E-state index in [1.54, 1.807) is 0 Å². The topological polar surface area (TPSA) is 35.2 Å². The molecule has 1 atom stereocenters. The van der Waals surface area contributed by atoms with Crippen molar-refractivity contribution in [1.29, 1.82) is 0 Å². The van der Waals surface area contributed by atoms with E-state index in [9.17, 15) is 13.2 Å². The molecule has 17 heavy (non-hydrogen) atoms. The summed E-state index contributed by atoms with van der Waals surface area (Å²) in [6, 6.07) is 5.21. The van der Waals surface area contributed by atoms with E-state index in [1.165, 1.54) is 12.1 Å². The Kier molecular flexibility index (Phi) is 3.14. The fourth-order valence-electron chi connectivity index (χ4n) is 2.13. The number of rotatable bonds is 2. The highest BCUT2D eigenvalue weighted by Gasteiger charge is 2.36. The third kappa shape index (κ3) is 2.30. The molecule has 1 unspecified atom stereocenters. The molecule has 1 aliphatic rings. The van der Waals surface area contributed by atoms with Gasteiger partial charge in [-0.2, -0.15) is 13.2 Å². The molecule has 1 aliphatic heterocycles. The fraction of sp³-hybridized carbons (Fsp3) is 0.500. The van der Waals surface area contributed by atoms with Crippen LogP contribution in [0.15, 0.2) is 24.3 Å². The zero-order valence-electron chi connectivity index (χ0n) is 9.26. The molecule has 0 aliphatic carbocycles. The molecule has 0 aromatic heterocycles. The van der Waals surface area contributed by atoms with Gasteiger partial charge in [0.1, 0.15) is 0 Å². The summed E-state index contributed by atoms with van der Waals surface area (Å²) in [6.07, 6.45) is -3.53. The number of nitrogens with two attached hydrogens (primary N) is 1. The zero-order valence-corrected chi connectivity index (χ0v) is 9.26. The Morgan fingerprint density at radius 3 is 2.29 bits per heavy atom. The predicted octanol–water partition coefficient (Wildman–Crippen LogP) is 2.32. The lowest BCUT2D eigenvalue weighted by Crippen LogP contribution is -2.35. The monoisotopic (exact) mass is 245 g/mol. The van der Waals surface area contributed by atoms with Gasteiger partial charge in [0.2, 0.25) is 0 Å². The summed E-state index contributed by atoms with van der Waals surface area (Å²) in [6.45, 7) is 1.48. The lowest BCUT2D eigenvalue weighted by atomic mass is 9.80. The molecule has 94 valence electrons.